The monoisotopic (exact) mass is 277 g/mol. The number of ether oxygens (including phenoxy) is 2. The summed E-state index contributed by atoms with van der Waals surface area (Å²) in [4.78, 5) is 0. The van der Waals surface area contributed by atoms with Crippen molar-refractivity contribution < 1.29 is 19.7 Å². The van der Waals surface area contributed by atoms with E-state index in [4.69, 9.17) is 14.6 Å². The first-order chi connectivity index (χ1) is 8.69. The minimum Gasteiger partial charge on any atom is -0.394 e. The summed E-state index contributed by atoms with van der Waals surface area (Å²) < 4.78 is 11.5. The van der Waals surface area contributed by atoms with Crippen LogP contribution in [0.1, 0.15) is 19.3 Å². The van der Waals surface area contributed by atoms with E-state index in [0.717, 1.165) is 19.3 Å². The molecular weight excluding hydrogens is 254 g/mol. The third kappa shape index (κ3) is 3.37. The number of aliphatic hydroxyl groups is 2. The topological polar surface area (TPSA) is 71.0 Å². The van der Waals surface area contributed by atoms with Gasteiger partial charge in [0.25, 0.3) is 0 Å². The van der Waals surface area contributed by atoms with Crippen molar-refractivity contribution in [2.75, 3.05) is 32.6 Å². The fraction of sp³-hybridized carbons (Fsp3) is 1.00. The van der Waals surface area contributed by atoms with E-state index in [1.54, 1.807) is 11.8 Å². The van der Waals surface area contributed by atoms with Crippen molar-refractivity contribution in [1.29, 1.82) is 0 Å². The molecule has 6 heteroatoms. The summed E-state index contributed by atoms with van der Waals surface area (Å²) >= 11 is 1.69. The zero-order valence-corrected chi connectivity index (χ0v) is 11.6. The molecule has 0 amide bonds. The van der Waals surface area contributed by atoms with Gasteiger partial charge in [-0.05, 0) is 13.5 Å². The van der Waals surface area contributed by atoms with Gasteiger partial charge >= 0.3 is 0 Å². The molecule has 3 N–H and O–H groups in total. The molecule has 1 spiro atoms. The molecule has 5 nitrogen and oxygen atoms in total. The Kier molecular flexibility index (Phi) is 5.29. The van der Waals surface area contributed by atoms with Gasteiger partial charge in [0.05, 0.1) is 25.9 Å². The molecule has 3 atom stereocenters. The molecular formula is C12H23NO4S. The zero-order chi connectivity index (χ0) is 13.0. The van der Waals surface area contributed by atoms with Crippen LogP contribution in [0.3, 0.4) is 0 Å². The Balaban J connectivity index is 1.90. The van der Waals surface area contributed by atoms with Crippen LogP contribution in [0.15, 0.2) is 0 Å². The second-order valence-electron chi connectivity index (χ2n) is 4.95. The summed E-state index contributed by atoms with van der Waals surface area (Å²) in [6.45, 7) is 1.18. The molecule has 0 radical (unpaired) electrons. The molecule has 0 bridgehead atoms. The van der Waals surface area contributed by atoms with Crippen LogP contribution in [0.5, 0.6) is 0 Å². The van der Waals surface area contributed by atoms with Gasteiger partial charge in [-0.3, -0.25) is 0 Å². The Bertz CT molecular complexity index is 260. The Hall–Kier alpha value is 0.150. The van der Waals surface area contributed by atoms with Crippen molar-refractivity contribution in [3.05, 3.63) is 0 Å². The number of thioether (sulfide) groups is 1. The Labute approximate surface area is 112 Å². The lowest BCUT2D eigenvalue weighted by molar-refractivity contribution is -0.177. The van der Waals surface area contributed by atoms with Gasteiger partial charge in [-0.15, -0.1) is 0 Å². The average Bonchev–Trinajstić information content (AvgIpc) is 2.84. The van der Waals surface area contributed by atoms with Gasteiger partial charge in [-0.25, -0.2) is 0 Å². The normalized spacial score (nSPS) is 32.8. The molecule has 1 aliphatic carbocycles. The lowest BCUT2D eigenvalue weighted by Crippen LogP contribution is -2.49. The quantitative estimate of drug-likeness (QED) is 0.655. The van der Waals surface area contributed by atoms with Gasteiger partial charge in [0, 0.05) is 29.9 Å². The molecule has 1 saturated carbocycles. The third-order valence-corrected chi connectivity index (χ3v) is 5.20. The highest BCUT2D eigenvalue weighted by Gasteiger charge is 2.44. The summed E-state index contributed by atoms with van der Waals surface area (Å²) in [6, 6.07) is 0.416. The van der Waals surface area contributed by atoms with Crippen molar-refractivity contribution in [2.45, 2.75) is 42.4 Å². The summed E-state index contributed by atoms with van der Waals surface area (Å²) in [5, 5.41) is 22.0. The van der Waals surface area contributed by atoms with Crippen LogP contribution in [0, 0.1) is 0 Å². The first-order valence-electron chi connectivity index (χ1n) is 6.55. The first kappa shape index (κ1) is 14.6. The van der Waals surface area contributed by atoms with Crippen molar-refractivity contribution in [1.82, 2.24) is 5.32 Å². The standard InChI is InChI=1S/C12H23NO4S/c1-13-10-2-3-12(16-4-5-17-12)6-11(10)18-8-9(15)7-14/h9-11,13-15H,2-8H2,1H3. The maximum absolute atomic E-state index is 9.45. The van der Waals surface area contributed by atoms with Gasteiger partial charge in [-0.1, -0.05) is 0 Å². The molecule has 3 unspecified atom stereocenters. The number of hydrogen-bond donors (Lipinski definition) is 3. The predicted octanol–water partition coefficient (Wildman–Crippen LogP) is -0.0436. The molecule has 2 rings (SSSR count). The van der Waals surface area contributed by atoms with Crippen molar-refractivity contribution >= 4 is 11.8 Å². The second-order valence-corrected chi connectivity index (χ2v) is 6.23. The number of rotatable bonds is 5. The fourth-order valence-electron chi connectivity index (χ4n) is 2.66. The summed E-state index contributed by atoms with van der Waals surface area (Å²) in [7, 11) is 1.97. The largest absolute Gasteiger partial charge is 0.394 e. The first-order valence-corrected chi connectivity index (χ1v) is 7.60. The molecule has 1 aliphatic heterocycles. The van der Waals surface area contributed by atoms with E-state index in [9.17, 15) is 5.11 Å². The van der Waals surface area contributed by atoms with Crippen LogP contribution < -0.4 is 5.32 Å². The van der Waals surface area contributed by atoms with Crippen LogP contribution in [-0.4, -0.2) is 66.0 Å². The van der Waals surface area contributed by atoms with Gasteiger partial charge in [0.1, 0.15) is 0 Å². The van der Waals surface area contributed by atoms with E-state index in [-0.39, 0.29) is 6.61 Å². The maximum Gasteiger partial charge on any atom is 0.169 e. The minimum absolute atomic E-state index is 0.178. The van der Waals surface area contributed by atoms with E-state index in [0.29, 0.717) is 30.3 Å². The van der Waals surface area contributed by atoms with E-state index >= 15 is 0 Å². The Morgan fingerprint density at radius 3 is 2.78 bits per heavy atom. The second kappa shape index (κ2) is 6.54. The number of hydrogen-bond acceptors (Lipinski definition) is 6. The average molecular weight is 277 g/mol. The van der Waals surface area contributed by atoms with Crippen molar-refractivity contribution in [3.63, 3.8) is 0 Å². The summed E-state index contributed by atoms with van der Waals surface area (Å²) in [5.74, 6) is 0.157. The van der Waals surface area contributed by atoms with Crippen LogP contribution in [0.4, 0.5) is 0 Å². The van der Waals surface area contributed by atoms with Crippen LogP contribution >= 0.6 is 11.8 Å². The van der Waals surface area contributed by atoms with Crippen LogP contribution in [0.25, 0.3) is 0 Å². The summed E-state index contributed by atoms with van der Waals surface area (Å²) in [5.41, 5.74) is 0. The van der Waals surface area contributed by atoms with E-state index in [1.807, 2.05) is 7.05 Å². The lowest BCUT2D eigenvalue weighted by Gasteiger charge is -2.40. The Morgan fingerprint density at radius 2 is 2.17 bits per heavy atom. The van der Waals surface area contributed by atoms with E-state index < -0.39 is 11.9 Å². The molecule has 0 aromatic rings. The Morgan fingerprint density at radius 1 is 1.44 bits per heavy atom. The van der Waals surface area contributed by atoms with Gasteiger partial charge in [0.2, 0.25) is 0 Å². The van der Waals surface area contributed by atoms with Gasteiger partial charge in [-0.2, -0.15) is 11.8 Å². The van der Waals surface area contributed by atoms with Crippen molar-refractivity contribution in [3.8, 4) is 0 Å². The van der Waals surface area contributed by atoms with Crippen LogP contribution in [-0.2, 0) is 9.47 Å². The molecule has 0 aromatic heterocycles. The number of aliphatic hydroxyl groups excluding tert-OH is 2. The molecule has 2 aliphatic rings. The molecule has 1 saturated heterocycles. The highest BCUT2D eigenvalue weighted by atomic mass is 32.2. The highest BCUT2D eigenvalue weighted by Crippen LogP contribution is 2.40. The zero-order valence-electron chi connectivity index (χ0n) is 10.8. The third-order valence-electron chi connectivity index (χ3n) is 3.70. The van der Waals surface area contributed by atoms with Crippen LogP contribution in [0.2, 0.25) is 0 Å². The number of nitrogens with one attached hydrogen (secondary N) is 1. The highest BCUT2D eigenvalue weighted by molar-refractivity contribution is 8.00. The molecule has 0 aromatic carbocycles. The fourth-order valence-corrected chi connectivity index (χ4v) is 4.12. The SMILES string of the molecule is CNC1CCC2(CC1SCC(O)CO)OCCO2. The predicted molar refractivity (Wildman–Crippen MR) is 70.7 cm³/mol. The molecule has 1 heterocycles. The van der Waals surface area contributed by atoms with Gasteiger partial charge < -0.3 is 25.0 Å². The minimum atomic E-state index is -0.643. The smallest absolute Gasteiger partial charge is 0.169 e. The maximum atomic E-state index is 9.45. The molecule has 106 valence electrons. The molecule has 2 fully saturated rings. The lowest BCUT2D eigenvalue weighted by atomic mass is 9.89. The summed E-state index contributed by atoms with van der Waals surface area (Å²) in [6.07, 6.45) is 2.15. The van der Waals surface area contributed by atoms with E-state index in [1.165, 1.54) is 0 Å². The van der Waals surface area contributed by atoms with Gasteiger partial charge in [0.15, 0.2) is 5.79 Å². The van der Waals surface area contributed by atoms with Crippen molar-refractivity contribution in [2.24, 2.45) is 0 Å². The molecule has 18 heavy (non-hydrogen) atoms. The van der Waals surface area contributed by atoms with E-state index in [2.05, 4.69) is 5.32 Å².